The minimum absolute atomic E-state index is 0.0535. The Bertz CT molecular complexity index is 1030. The summed E-state index contributed by atoms with van der Waals surface area (Å²) < 4.78 is 10.9. The summed E-state index contributed by atoms with van der Waals surface area (Å²) in [5, 5.41) is 7.20. The number of nitrogens with one attached hydrogen (secondary N) is 1. The highest BCUT2D eigenvalue weighted by molar-refractivity contribution is 5.79. The third-order valence-corrected chi connectivity index (χ3v) is 5.73. The average Bonchev–Trinajstić information content (AvgIpc) is 3.26. The van der Waals surface area contributed by atoms with E-state index in [4.69, 9.17) is 9.26 Å². The first-order valence-electron chi connectivity index (χ1n) is 10.6. The highest BCUT2D eigenvalue weighted by Crippen LogP contribution is 2.23. The molecule has 1 aliphatic heterocycles. The maximum atomic E-state index is 12.8. The molecule has 0 spiro atoms. The fourth-order valence-corrected chi connectivity index (χ4v) is 4.03. The van der Waals surface area contributed by atoms with Crippen molar-refractivity contribution in [3.8, 4) is 17.1 Å². The second kappa shape index (κ2) is 9.75. The molecular formula is C24H28N4O3. The number of hydrogen-bond donors (Lipinski definition) is 1. The van der Waals surface area contributed by atoms with Gasteiger partial charge in [0.15, 0.2) is 0 Å². The predicted molar refractivity (Wildman–Crippen MR) is 117 cm³/mol. The van der Waals surface area contributed by atoms with Gasteiger partial charge < -0.3 is 14.6 Å². The Labute approximate surface area is 182 Å². The minimum atomic E-state index is -0.0535. The smallest absolute Gasteiger partial charge is 0.241 e. The summed E-state index contributed by atoms with van der Waals surface area (Å²) in [6.45, 7) is 4.64. The number of methoxy groups -OCH3 is 1. The highest BCUT2D eigenvalue weighted by Gasteiger charge is 2.27. The van der Waals surface area contributed by atoms with Crippen molar-refractivity contribution in [2.45, 2.75) is 32.9 Å². The third-order valence-electron chi connectivity index (χ3n) is 5.73. The Balaban J connectivity index is 1.33. The van der Waals surface area contributed by atoms with Crippen LogP contribution in [0.2, 0.25) is 0 Å². The van der Waals surface area contributed by atoms with E-state index in [0.717, 1.165) is 41.8 Å². The molecule has 1 aromatic heterocycles. The maximum absolute atomic E-state index is 12.8. The molecule has 1 N–H and O–H groups in total. The largest absolute Gasteiger partial charge is 0.496 e. The Hall–Kier alpha value is -3.19. The molecule has 1 atom stereocenters. The molecule has 0 bridgehead atoms. The summed E-state index contributed by atoms with van der Waals surface area (Å²) in [6, 6.07) is 15.7. The molecule has 7 heteroatoms. The molecule has 3 aromatic rings. The van der Waals surface area contributed by atoms with Gasteiger partial charge in [0.25, 0.3) is 0 Å². The van der Waals surface area contributed by atoms with Crippen LogP contribution < -0.4 is 10.1 Å². The molecule has 1 amide bonds. The second-order valence-corrected chi connectivity index (χ2v) is 7.93. The summed E-state index contributed by atoms with van der Waals surface area (Å²) >= 11 is 0. The second-order valence-electron chi connectivity index (χ2n) is 7.93. The molecule has 1 saturated heterocycles. The van der Waals surface area contributed by atoms with Crippen LogP contribution in [0.1, 0.15) is 29.9 Å². The zero-order valence-corrected chi connectivity index (χ0v) is 18.0. The van der Waals surface area contributed by atoms with E-state index >= 15 is 0 Å². The summed E-state index contributed by atoms with van der Waals surface area (Å²) in [4.78, 5) is 19.5. The van der Waals surface area contributed by atoms with Crippen molar-refractivity contribution in [2.24, 2.45) is 5.92 Å². The maximum Gasteiger partial charge on any atom is 0.241 e. The minimum Gasteiger partial charge on any atom is -0.496 e. The number of carbonyl (C=O) groups is 1. The molecule has 1 aliphatic rings. The first-order valence-corrected chi connectivity index (χ1v) is 10.6. The summed E-state index contributed by atoms with van der Waals surface area (Å²) in [5.41, 5.74) is 3.06. The van der Waals surface area contributed by atoms with Crippen molar-refractivity contribution in [1.82, 2.24) is 20.4 Å². The van der Waals surface area contributed by atoms with Crippen LogP contribution in [-0.4, -0.2) is 41.1 Å². The van der Waals surface area contributed by atoms with Gasteiger partial charge in [0.2, 0.25) is 17.6 Å². The van der Waals surface area contributed by atoms with Gasteiger partial charge in [0.05, 0.1) is 19.6 Å². The molecule has 2 aromatic carbocycles. The Morgan fingerprint density at radius 2 is 2.03 bits per heavy atom. The molecule has 7 nitrogen and oxygen atoms in total. The molecule has 31 heavy (non-hydrogen) atoms. The van der Waals surface area contributed by atoms with E-state index in [9.17, 15) is 4.79 Å². The zero-order valence-electron chi connectivity index (χ0n) is 18.0. The number of para-hydroxylation sites is 1. The number of amides is 1. The summed E-state index contributed by atoms with van der Waals surface area (Å²) in [7, 11) is 1.64. The van der Waals surface area contributed by atoms with Gasteiger partial charge in [-0.05, 0) is 37.9 Å². The van der Waals surface area contributed by atoms with Crippen LogP contribution in [0, 0.1) is 12.8 Å². The number of rotatable bonds is 7. The predicted octanol–water partition coefficient (Wildman–Crippen LogP) is 3.58. The van der Waals surface area contributed by atoms with Crippen molar-refractivity contribution in [3.63, 3.8) is 0 Å². The van der Waals surface area contributed by atoms with Gasteiger partial charge >= 0.3 is 0 Å². The molecule has 0 radical (unpaired) electrons. The number of aryl methyl sites for hydroxylation is 1. The lowest BCUT2D eigenvalue weighted by Crippen LogP contribution is -2.42. The molecule has 4 rings (SSSR count). The third kappa shape index (κ3) is 5.11. The number of benzene rings is 2. The van der Waals surface area contributed by atoms with Crippen LogP contribution in [-0.2, 0) is 17.9 Å². The monoisotopic (exact) mass is 420 g/mol. The van der Waals surface area contributed by atoms with Crippen molar-refractivity contribution in [2.75, 3.05) is 20.2 Å². The number of ether oxygens (including phenoxy) is 1. The number of carbonyl (C=O) groups excluding carboxylic acids is 1. The Morgan fingerprint density at radius 3 is 2.87 bits per heavy atom. The van der Waals surface area contributed by atoms with Crippen molar-refractivity contribution in [3.05, 3.63) is 65.5 Å². The van der Waals surface area contributed by atoms with Gasteiger partial charge in [0, 0.05) is 24.2 Å². The van der Waals surface area contributed by atoms with Crippen LogP contribution >= 0.6 is 0 Å². The number of likely N-dealkylation sites (tertiary alicyclic amines) is 1. The first-order chi connectivity index (χ1) is 15.1. The fourth-order valence-electron chi connectivity index (χ4n) is 4.03. The van der Waals surface area contributed by atoms with Crippen molar-refractivity contribution < 1.29 is 14.1 Å². The van der Waals surface area contributed by atoms with Crippen molar-refractivity contribution >= 4 is 5.91 Å². The Morgan fingerprint density at radius 1 is 1.23 bits per heavy atom. The number of nitrogens with zero attached hydrogens (tertiary/aromatic N) is 3. The normalized spacial score (nSPS) is 16.8. The molecular weight excluding hydrogens is 392 g/mol. The van der Waals surface area contributed by atoms with E-state index < -0.39 is 0 Å². The van der Waals surface area contributed by atoms with E-state index in [1.807, 2.05) is 55.5 Å². The van der Waals surface area contributed by atoms with Gasteiger partial charge in [-0.25, -0.2) is 0 Å². The molecule has 1 fully saturated rings. The van der Waals surface area contributed by atoms with Crippen LogP contribution in [0.4, 0.5) is 0 Å². The van der Waals surface area contributed by atoms with Gasteiger partial charge in [-0.3, -0.25) is 9.69 Å². The fraction of sp³-hybridized carbons (Fsp3) is 0.375. The lowest BCUT2D eigenvalue weighted by molar-refractivity contribution is -0.127. The van der Waals surface area contributed by atoms with Gasteiger partial charge in [-0.2, -0.15) is 4.98 Å². The molecule has 1 unspecified atom stereocenters. The molecule has 0 saturated carbocycles. The quantitative estimate of drug-likeness (QED) is 0.629. The van der Waals surface area contributed by atoms with Gasteiger partial charge in [-0.1, -0.05) is 47.6 Å². The standard InChI is InChI=1S/C24H28N4O3/c1-17-8-3-5-11-20(17)23-26-22(31-27-23)16-28-13-7-10-19(15-28)24(29)25-14-18-9-4-6-12-21(18)30-2/h3-6,8-9,11-12,19H,7,10,13-16H2,1-2H3,(H,25,29). The molecule has 0 aliphatic carbocycles. The topological polar surface area (TPSA) is 80.5 Å². The average molecular weight is 421 g/mol. The van der Waals surface area contributed by atoms with Gasteiger partial charge in [0.1, 0.15) is 5.75 Å². The number of hydrogen-bond acceptors (Lipinski definition) is 6. The number of piperidine rings is 1. The lowest BCUT2D eigenvalue weighted by atomic mass is 9.97. The Kier molecular flexibility index (Phi) is 6.62. The van der Waals surface area contributed by atoms with E-state index in [0.29, 0.717) is 31.3 Å². The molecule has 2 heterocycles. The van der Waals surface area contributed by atoms with Crippen LogP contribution in [0.5, 0.6) is 5.75 Å². The lowest BCUT2D eigenvalue weighted by Gasteiger charge is -2.30. The van der Waals surface area contributed by atoms with E-state index in [2.05, 4.69) is 20.4 Å². The first kappa shape index (κ1) is 21.1. The van der Waals surface area contributed by atoms with Crippen LogP contribution in [0.25, 0.3) is 11.4 Å². The number of aromatic nitrogens is 2. The SMILES string of the molecule is COc1ccccc1CNC(=O)C1CCCN(Cc2nc(-c3ccccc3C)no2)C1. The van der Waals surface area contributed by atoms with E-state index in [1.165, 1.54) is 0 Å². The van der Waals surface area contributed by atoms with E-state index in [-0.39, 0.29) is 11.8 Å². The van der Waals surface area contributed by atoms with Gasteiger partial charge in [-0.15, -0.1) is 0 Å². The van der Waals surface area contributed by atoms with Crippen molar-refractivity contribution in [1.29, 1.82) is 0 Å². The summed E-state index contributed by atoms with van der Waals surface area (Å²) in [6.07, 6.45) is 1.85. The van der Waals surface area contributed by atoms with E-state index in [1.54, 1.807) is 7.11 Å². The highest BCUT2D eigenvalue weighted by atomic mass is 16.5. The zero-order chi connectivity index (χ0) is 21.6. The molecule has 162 valence electrons. The van der Waals surface area contributed by atoms with Crippen LogP contribution in [0.15, 0.2) is 53.1 Å². The van der Waals surface area contributed by atoms with Crippen LogP contribution in [0.3, 0.4) is 0 Å². The summed E-state index contributed by atoms with van der Waals surface area (Å²) in [5.74, 6) is 1.99.